The van der Waals surface area contributed by atoms with Gasteiger partial charge in [0, 0.05) is 16.7 Å². The smallest absolute Gasteiger partial charge is 0.316 e. The van der Waals surface area contributed by atoms with Gasteiger partial charge in [-0.3, -0.25) is 9.59 Å². The number of nitrogens with one attached hydrogen (secondary N) is 1. The quantitative estimate of drug-likeness (QED) is 0.753. The predicted octanol–water partition coefficient (Wildman–Crippen LogP) is 3.63. The summed E-state index contributed by atoms with van der Waals surface area (Å²) in [5.41, 5.74) is 0. The fourth-order valence-electron chi connectivity index (χ4n) is 2.37. The van der Waals surface area contributed by atoms with Gasteiger partial charge in [0.05, 0.1) is 10.1 Å². The number of hydrogen-bond donors (Lipinski definition) is 1. The highest BCUT2D eigenvalue weighted by atomic mass is 35.5. The van der Waals surface area contributed by atoms with Gasteiger partial charge in [0.15, 0.2) is 6.61 Å². The predicted molar refractivity (Wildman–Crippen MR) is 91.5 cm³/mol. The zero-order valence-electron chi connectivity index (χ0n) is 12.3. The molecule has 1 saturated carbocycles. The van der Waals surface area contributed by atoms with Crippen molar-refractivity contribution in [2.24, 2.45) is 0 Å². The van der Waals surface area contributed by atoms with Crippen LogP contribution in [-0.4, -0.2) is 30.3 Å². The summed E-state index contributed by atoms with van der Waals surface area (Å²) in [5.74, 6) is 0.411. The number of rotatable bonds is 7. The average molecular weight is 362 g/mol. The SMILES string of the molecule is O=C(COC(=O)CSCc1ccc(Cl)s1)NC1CCCCC1. The van der Waals surface area contributed by atoms with E-state index >= 15 is 0 Å². The van der Waals surface area contributed by atoms with Crippen LogP contribution in [0.1, 0.15) is 37.0 Å². The van der Waals surface area contributed by atoms with Crippen molar-refractivity contribution in [3.05, 3.63) is 21.3 Å². The van der Waals surface area contributed by atoms with Crippen LogP contribution in [0.2, 0.25) is 4.34 Å². The minimum Gasteiger partial charge on any atom is -0.455 e. The maximum atomic E-state index is 11.7. The Hall–Kier alpha value is -0.720. The summed E-state index contributed by atoms with van der Waals surface area (Å²) in [4.78, 5) is 24.4. The Kier molecular flexibility index (Phi) is 7.55. The minimum atomic E-state index is -0.355. The van der Waals surface area contributed by atoms with E-state index < -0.39 is 0 Å². The Morgan fingerprint density at radius 1 is 1.32 bits per heavy atom. The number of amides is 1. The Morgan fingerprint density at radius 3 is 2.77 bits per heavy atom. The molecule has 0 unspecified atom stereocenters. The van der Waals surface area contributed by atoms with Gasteiger partial charge in [0.25, 0.3) is 5.91 Å². The van der Waals surface area contributed by atoms with E-state index in [-0.39, 0.29) is 30.3 Å². The van der Waals surface area contributed by atoms with Crippen LogP contribution in [-0.2, 0) is 20.1 Å². The lowest BCUT2D eigenvalue weighted by atomic mass is 9.95. The van der Waals surface area contributed by atoms with Crippen LogP contribution in [0.3, 0.4) is 0 Å². The minimum absolute atomic E-state index is 0.180. The van der Waals surface area contributed by atoms with Crippen molar-refractivity contribution in [3.63, 3.8) is 0 Å². The van der Waals surface area contributed by atoms with Crippen LogP contribution in [0, 0.1) is 0 Å². The molecular weight excluding hydrogens is 342 g/mol. The van der Waals surface area contributed by atoms with Crippen LogP contribution in [0.4, 0.5) is 0 Å². The van der Waals surface area contributed by atoms with E-state index in [0.717, 1.165) is 40.6 Å². The third-order valence-corrected chi connectivity index (χ3v) is 5.80. The molecule has 1 aromatic rings. The summed E-state index contributed by atoms with van der Waals surface area (Å²) < 4.78 is 5.74. The fourth-order valence-corrected chi connectivity index (χ4v) is 4.39. The molecule has 1 amide bonds. The number of thioether (sulfide) groups is 1. The molecule has 0 atom stereocenters. The van der Waals surface area contributed by atoms with E-state index in [2.05, 4.69) is 5.32 Å². The van der Waals surface area contributed by atoms with E-state index in [1.54, 1.807) is 0 Å². The van der Waals surface area contributed by atoms with Gasteiger partial charge in [0.2, 0.25) is 0 Å². The van der Waals surface area contributed by atoms with Crippen molar-refractivity contribution >= 4 is 46.6 Å². The van der Waals surface area contributed by atoms with Crippen LogP contribution >= 0.6 is 34.7 Å². The summed E-state index contributed by atoms with van der Waals surface area (Å²) in [6.45, 7) is -0.180. The number of esters is 1. The molecule has 0 aliphatic heterocycles. The lowest BCUT2D eigenvalue weighted by Crippen LogP contribution is -2.38. The molecule has 1 aromatic heterocycles. The molecule has 0 radical (unpaired) electrons. The molecule has 1 N–H and O–H groups in total. The summed E-state index contributed by atoms with van der Waals surface area (Å²) >= 11 is 8.81. The van der Waals surface area contributed by atoms with Gasteiger partial charge in [-0.2, -0.15) is 0 Å². The molecule has 4 nitrogen and oxygen atoms in total. The van der Waals surface area contributed by atoms with Gasteiger partial charge in [-0.1, -0.05) is 30.9 Å². The Labute approximate surface area is 143 Å². The van der Waals surface area contributed by atoms with Gasteiger partial charge in [-0.05, 0) is 25.0 Å². The molecule has 1 aliphatic rings. The number of carbonyl (C=O) groups excluding carboxylic acids is 2. The molecule has 2 rings (SSSR count). The second-order valence-electron chi connectivity index (χ2n) is 5.26. The number of thiophene rings is 1. The zero-order chi connectivity index (χ0) is 15.8. The van der Waals surface area contributed by atoms with E-state index in [1.165, 1.54) is 29.5 Å². The highest BCUT2D eigenvalue weighted by molar-refractivity contribution is 7.99. The Bertz CT molecular complexity index is 501. The number of carbonyl (C=O) groups is 2. The second-order valence-corrected chi connectivity index (χ2v) is 8.05. The van der Waals surface area contributed by atoms with E-state index in [1.807, 2.05) is 12.1 Å². The van der Waals surface area contributed by atoms with E-state index in [0.29, 0.717) is 0 Å². The third kappa shape index (κ3) is 6.58. The summed E-state index contributed by atoms with van der Waals surface area (Å²) in [7, 11) is 0. The van der Waals surface area contributed by atoms with Gasteiger partial charge in [-0.15, -0.1) is 23.1 Å². The molecule has 0 saturated heterocycles. The fraction of sp³-hybridized carbons (Fsp3) is 0.600. The monoisotopic (exact) mass is 361 g/mol. The van der Waals surface area contributed by atoms with Crippen molar-refractivity contribution in [2.75, 3.05) is 12.4 Å². The first-order chi connectivity index (χ1) is 10.6. The number of halogens is 1. The highest BCUT2D eigenvalue weighted by Gasteiger charge is 2.16. The molecule has 22 heavy (non-hydrogen) atoms. The molecule has 1 heterocycles. The first kappa shape index (κ1) is 17.6. The van der Waals surface area contributed by atoms with Crippen LogP contribution in [0.15, 0.2) is 12.1 Å². The maximum Gasteiger partial charge on any atom is 0.316 e. The van der Waals surface area contributed by atoms with E-state index in [4.69, 9.17) is 16.3 Å². The van der Waals surface area contributed by atoms with Gasteiger partial charge in [-0.25, -0.2) is 0 Å². The van der Waals surface area contributed by atoms with Crippen molar-refractivity contribution in [1.82, 2.24) is 5.32 Å². The first-order valence-electron chi connectivity index (χ1n) is 7.40. The summed E-state index contributed by atoms with van der Waals surface area (Å²) in [6.07, 6.45) is 5.62. The largest absolute Gasteiger partial charge is 0.455 e. The third-order valence-electron chi connectivity index (χ3n) is 3.43. The molecule has 1 fully saturated rings. The standard InChI is InChI=1S/C15H20ClNO3S2/c16-13-7-6-12(22-13)9-21-10-15(19)20-8-14(18)17-11-4-2-1-3-5-11/h6-7,11H,1-5,8-10H2,(H,17,18). The molecule has 122 valence electrons. The normalized spacial score (nSPS) is 15.5. The Morgan fingerprint density at radius 2 is 2.09 bits per heavy atom. The molecule has 1 aliphatic carbocycles. The van der Waals surface area contributed by atoms with Gasteiger partial charge in [0.1, 0.15) is 0 Å². The zero-order valence-corrected chi connectivity index (χ0v) is 14.7. The summed E-state index contributed by atoms with van der Waals surface area (Å²) in [6, 6.07) is 4.04. The van der Waals surface area contributed by atoms with Gasteiger partial charge < -0.3 is 10.1 Å². The molecule has 7 heteroatoms. The van der Waals surface area contributed by atoms with Crippen LogP contribution in [0.25, 0.3) is 0 Å². The van der Waals surface area contributed by atoms with Crippen LogP contribution < -0.4 is 5.32 Å². The second kappa shape index (κ2) is 9.43. The lowest BCUT2D eigenvalue weighted by molar-refractivity contribution is -0.146. The lowest BCUT2D eigenvalue weighted by Gasteiger charge is -2.22. The number of ether oxygens (including phenoxy) is 1. The van der Waals surface area contributed by atoms with Crippen molar-refractivity contribution < 1.29 is 14.3 Å². The maximum absolute atomic E-state index is 11.7. The molecule has 0 spiro atoms. The molecule has 0 aromatic carbocycles. The van der Waals surface area contributed by atoms with Crippen LogP contribution in [0.5, 0.6) is 0 Å². The average Bonchev–Trinajstić information content (AvgIpc) is 2.92. The first-order valence-corrected chi connectivity index (χ1v) is 9.75. The molecule has 0 bridgehead atoms. The van der Waals surface area contributed by atoms with Crippen molar-refractivity contribution in [3.8, 4) is 0 Å². The topological polar surface area (TPSA) is 55.4 Å². The number of hydrogen-bond acceptors (Lipinski definition) is 5. The van der Waals surface area contributed by atoms with Gasteiger partial charge >= 0.3 is 5.97 Å². The molecular formula is C15H20ClNO3S2. The highest BCUT2D eigenvalue weighted by Crippen LogP contribution is 2.25. The van der Waals surface area contributed by atoms with Crippen molar-refractivity contribution in [2.45, 2.75) is 43.9 Å². The summed E-state index contributed by atoms with van der Waals surface area (Å²) in [5, 5.41) is 2.92. The van der Waals surface area contributed by atoms with E-state index in [9.17, 15) is 9.59 Å². The van der Waals surface area contributed by atoms with Crippen molar-refractivity contribution in [1.29, 1.82) is 0 Å². The Balaban J connectivity index is 1.55.